The number of likely N-dealkylation sites (N-methyl/N-ethyl adjacent to an activating group) is 1. The van der Waals surface area contributed by atoms with Crippen LogP contribution in [0.1, 0.15) is 15.9 Å². The van der Waals surface area contributed by atoms with E-state index in [9.17, 15) is 4.79 Å². The van der Waals surface area contributed by atoms with Crippen molar-refractivity contribution >= 4 is 11.8 Å². The number of ether oxygens (including phenoxy) is 2. The van der Waals surface area contributed by atoms with Gasteiger partial charge in [0.05, 0.1) is 19.8 Å². The quantitative estimate of drug-likeness (QED) is 0.686. The van der Waals surface area contributed by atoms with Crippen molar-refractivity contribution in [3.05, 3.63) is 53.7 Å². The Morgan fingerprint density at radius 2 is 1.76 bits per heavy atom. The molecule has 0 spiro atoms. The molecular weight excluding hydrogens is 318 g/mol. The molecule has 0 atom stereocenters. The molecule has 0 saturated carbocycles. The maximum absolute atomic E-state index is 11.6. The lowest BCUT2D eigenvalue weighted by Crippen LogP contribution is -2.32. The van der Waals surface area contributed by atoms with Crippen LogP contribution in [0, 0.1) is 0 Å². The smallest absolute Gasteiger partial charge is 0.339 e. The van der Waals surface area contributed by atoms with E-state index in [1.807, 2.05) is 44.4 Å². The minimum absolute atomic E-state index is 0.381. The molecule has 0 aliphatic heterocycles. The molecule has 6 heteroatoms. The van der Waals surface area contributed by atoms with Gasteiger partial charge < -0.3 is 19.3 Å². The number of esters is 1. The number of carbonyl (C=O) groups excluding carboxylic acids is 1. The first kappa shape index (κ1) is 18.7. The first-order valence-electron chi connectivity index (χ1n) is 8.10. The fourth-order valence-electron chi connectivity index (χ4n) is 2.36. The number of hydrogen-bond acceptors (Lipinski definition) is 6. The molecule has 0 saturated heterocycles. The molecule has 2 aromatic rings. The SMILES string of the molecule is COC(=O)c1ccc(N(CCN(C)C)Cc2ccc(OC)cc2)nc1. The van der Waals surface area contributed by atoms with Crippen LogP contribution in [0.3, 0.4) is 0 Å². The van der Waals surface area contributed by atoms with Crippen LogP contribution < -0.4 is 9.64 Å². The van der Waals surface area contributed by atoms with Crippen LogP contribution in [0.15, 0.2) is 42.6 Å². The van der Waals surface area contributed by atoms with Crippen molar-refractivity contribution in [2.75, 3.05) is 46.3 Å². The van der Waals surface area contributed by atoms with Crippen LogP contribution >= 0.6 is 0 Å². The van der Waals surface area contributed by atoms with Crippen molar-refractivity contribution < 1.29 is 14.3 Å². The summed E-state index contributed by atoms with van der Waals surface area (Å²) < 4.78 is 9.93. The van der Waals surface area contributed by atoms with Crippen LogP contribution in [0.2, 0.25) is 0 Å². The zero-order valence-corrected chi connectivity index (χ0v) is 15.2. The molecule has 134 valence electrons. The highest BCUT2D eigenvalue weighted by Crippen LogP contribution is 2.18. The second kappa shape index (κ2) is 9.03. The molecule has 0 amide bonds. The lowest BCUT2D eigenvalue weighted by Gasteiger charge is -2.25. The number of methoxy groups -OCH3 is 2. The summed E-state index contributed by atoms with van der Waals surface area (Å²) in [5, 5.41) is 0. The molecule has 0 unspecified atom stereocenters. The summed E-state index contributed by atoms with van der Waals surface area (Å²) in [6, 6.07) is 11.6. The average Bonchev–Trinajstić information content (AvgIpc) is 2.65. The molecule has 0 N–H and O–H groups in total. The number of carbonyl (C=O) groups is 1. The third-order valence-corrected chi connectivity index (χ3v) is 3.84. The molecule has 2 rings (SSSR count). The Labute approximate surface area is 149 Å². The second-order valence-electron chi connectivity index (χ2n) is 5.97. The molecule has 0 radical (unpaired) electrons. The summed E-state index contributed by atoms with van der Waals surface area (Å²) in [6.07, 6.45) is 1.55. The lowest BCUT2D eigenvalue weighted by molar-refractivity contribution is 0.0600. The maximum atomic E-state index is 11.6. The van der Waals surface area contributed by atoms with E-state index in [1.54, 1.807) is 19.4 Å². The standard InChI is InChI=1S/C19H25N3O3/c1-21(2)11-12-22(14-15-5-8-17(24-3)9-6-15)18-10-7-16(13-20-18)19(23)25-4/h5-10,13H,11-12,14H2,1-4H3. The number of pyridine rings is 1. The molecule has 1 aromatic heterocycles. The lowest BCUT2D eigenvalue weighted by atomic mass is 10.2. The largest absolute Gasteiger partial charge is 0.497 e. The summed E-state index contributed by atoms with van der Waals surface area (Å²) in [4.78, 5) is 20.3. The Kier molecular flexibility index (Phi) is 6.77. The predicted octanol–water partition coefficient (Wildman–Crippen LogP) is 2.45. The molecule has 0 fully saturated rings. The van der Waals surface area contributed by atoms with Gasteiger partial charge >= 0.3 is 5.97 Å². The van der Waals surface area contributed by atoms with E-state index in [2.05, 4.69) is 14.8 Å². The topological polar surface area (TPSA) is 54.9 Å². The molecule has 6 nitrogen and oxygen atoms in total. The zero-order chi connectivity index (χ0) is 18.2. The average molecular weight is 343 g/mol. The van der Waals surface area contributed by atoms with Crippen molar-refractivity contribution in [2.45, 2.75) is 6.54 Å². The fraction of sp³-hybridized carbons (Fsp3) is 0.368. The summed E-state index contributed by atoms with van der Waals surface area (Å²) in [6.45, 7) is 2.45. The maximum Gasteiger partial charge on any atom is 0.339 e. The molecule has 1 aromatic carbocycles. The summed E-state index contributed by atoms with van der Waals surface area (Å²) in [7, 11) is 7.10. The van der Waals surface area contributed by atoms with Crippen molar-refractivity contribution in [1.82, 2.24) is 9.88 Å². The minimum atomic E-state index is -0.381. The van der Waals surface area contributed by atoms with Gasteiger partial charge in [0, 0.05) is 25.8 Å². The van der Waals surface area contributed by atoms with Crippen molar-refractivity contribution in [1.29, 1.82) is 0 Å². The number of hydrogen-bond donors (Lipinski definition) is 0. The Morgan fingerprint density at radius 3 is 2.28 bits per heavy atom. The molecule has 0 aliphatic rings. The van der Waals surface area contributed by atoms with Gasteiger partial charge in [0.2, 0.25) is 0 Å². The van der Waals surface area contributed by atoms with Gasteiger partial charge in [-0.25, -0.2) is 9.78 Å². The van der Waals surface area contributed by atoms with E-state index in [1.165, 1.54) is 12.7 Å². The van der Waals surface area contributed by atoms with Gasteiger partial charge in [0.25, 0.3) is 0 Å². The van der Waals surface area contributed by atoms with Crippen molar-refractivity contribution in [3.63, 3.8) is 0 Å². The first-order chi connectivity index (χ1) is 12.0. The third-order valence-electron chi connectivity index (χ3n) is 3.84. The highest BCUT2D eigenvalue weighted by atomic mass is 16.5. The van der Waals surface area contributed by atoms with Gasteiger partial charge in [-0.05, 0) is 43.9 Å². The second-order valence-corrected chi connectivity index (χ2v) is 5.97. The van der Waals surface area contributed by atoms with E-state index in [0.29, 0.717) is 5.56 Å². The van der Waals surface area contributed by atoms with Crippen LogP contribution in [0.4, 0.5) is 5.82 Å². The highest BCUT2D eigenvalue weighted by molar-refractivity contribution is 5.89. The molecule has 1 heterocycles. The Hall–Kier alpha value is -2.60. The molecule has 0 bridgehead atoms. The van der Waals surface area contributed by atoms with Gasteiger partial charge in [-0.2, -0.15) is 0 Å². The predicted molar refractivity (Wildman–Crippen MR) is 98.2 cm³/mol. The Morgan fingerprint density at radius 1 is 1.04 bits per heavy atom. The van der Waals surface area contributed by atoms with Gasteiger partial charge in [-0.1, -0.05) is 12.1 Å². The van der Waals surface area contributed by atoms with Crippen molar-refractivity contribution in [3.8, 4) is 5.75 Å². The fourth-order valence-corrected chi connectivity index (χ4v) is 2.36. The van der Waals surface area contributed by atoms with E-state index in [4.69, 9.17) is 9.47 Å². The number of benzene rings is 1. The van der Waals surface area contributed by atoms with Gasteiger partial charge in [0.1, 0.15) is 11.6 Å². The first-order valence-corrected chi connectivity index (χ1v) is 8.10. The van der Waals surface area contributed by atoms with Gasteiger partial charge in [-0.3, -0.25) is 0 Å². The van der Waals surface area contributed by atoms with E-state index in [0.717, 1.165) is 31.2 Å². The number of rotatable bonds is 8. The summed E-state index contributed by atoms with van der Waals surface area (Å²) in [5.74, 6) is 1.28. The summed E-state index contributed by atoms with van der Waals surface area (Å²) in [5.41, 5.74) is 1.61. The molecule has 0 aliphatic carbocycles. The van der Waals surface area contributed by atoms with E-state index >= 15 is 0 Å². The third kappa shape index (κ3) is 5.46. The van der Waals surface area contributed by atoms with Crippen LogP contribution in [-0.4, -0.2) is 57.3 Å². The Balaban J connectivity index is 2.17. The van der Waals surface area contributed by atoms with Crippen molar-refractivity contribution in [2.24, 2.45) is 0 Å². The summed E-state index contributed by atoms with van der Waals surface area (Å²) >= 11 is 0. The number of nitrogens with zero attached hydrogens (tertiary/aromatic N) is 3. The highest BCUT2D eigenvalue weighted by Gasteiger charge is 2.12. The molecule has 25 heavy (non-hydrogen) atoms. The minimum Gasteiger partial charge on any atom is -0.497 e. The number of anilines is 1. The monoisotopic (exact) mass is 343 g/mol. The van der Waals surface area contributed by atoms with Crippen LogP contribution in [0.25, 0.3) is 0 Å². The van der Waals surface area contributed by atoms with Gasteiger partial charge in [0.15, 0.2) is 0 Å². The van der Waals surface area contributed by atoms with Gasteiger partial charge in [-0.15, -0.1) is 0 Å². The normalized spacial score (nSPS) is 10.6. The zero-order valence-electron chi connectivity index (χ0n) is 15.2. The van der Waals surface area contributed by atoms with E-state index in [-0.39, 0.29) is 5.97 Å². The van der Waals surface area contributed by atoms with Crippen LogP contribution in [-0.2, 0) is 11.3 Å². The Bertz CT molecular complexity index is 669. The number of aromatic nitrogens is 1. The molecular formula is C19H25N3O3. The van der Waals surface area contributed by atoms with E-state index < -0.39 is 0 Å². The van der Waals surface area contributed by atoms with Crippen LogP contribution in [0.5, 0.6) is 5.75 Å².